The smallest absolute Gasteiger partial charge is 0.0215 e. The van der Waals surface area contributed by atoms with Crippen molar-refractivity contribution in [1.29, 1.82) is 0 Å². The number of rotatable bonds is 21. The average molecular weight is 558 g/mol. The number of hydrogen-bond donors (Lipinski definition) is 0. The van der Waals surface area contributed by atoms with Gasteiger partial charge in [-0.3, -0.25) is 0 Å². The molecule has 1 aliphatic carbocycles. The van der Waals surface area contributed by atoms with E-state index in [4.69, 9.17) is 0 Å². The summed E-state index contributed by atoms with van der Waals surface area (Å²) < 4.78 is 0. The van der Waals surface area contributed by atoms with Gasteiger partial charge < -0.3 is 0 Å². The Morgan fingerprint density at radius 2 is 0.732 bits per heavy atom. The Morgan fingerprint density at radius 1 is 0.366 bits per heavy atom. The summed E-state index contributed by atoms with van der Waals surface area (Å²) in [6, 6.07) is 2.68. The highest BCUT2D eigenvalue weighted by atomic mass is 14.4. The van der Waals surface area contributed by atoms with Gasteiger partial charge >= 0.3 is 0 Å². The fourth-order valence-electron chi connectivity index (χ4n) is 7.33. The standard InChI is InChI=1S/C41H65/c1-8-15-22-31-29-32-30-39-36(26-19-12-5)34(24-17-10-3)35(25-18-11-4)38(28-21-14-7)41(39)40(32)37(27-20-13-6)33(31)23-16-9-2/h29-30H,8-28H2,1-7H3. The van der Waals surface area contributed by atoms with E-state index in [1.807, 2.05) is 0 Å². The predicted molar refractivity (Wildman–Crippen MR) is 185 cm³/mol. The van der Waals surface area contributed by atoms with Gasteiger partial charge in [0.05, 0.1) is 0 Å². The molecular weight excluding hydrogens is 492 g/mol. The van der Waals surface area contributed by atoms with Crippen LogP contribution in [-0.2, 0) is 44.9 Å². The molecule has 3 rings (SSSR count). The first-order valence-corrected chi connectivity index (χ1v) is 18.3. The Morgan fingerprint density at radius 3 is 1.22 bits per heavy atom. The third-order valence-corrected chi connectivity index (χ3v) is 9.69. The monoisotopic (exact) mass is 558 g/mol. The van der Waals surface area contributed by atoms with E-state index in [-0.39, 0.29) is 0 Å². The lowest BCUT2D eigenvalue weighted by Gasteiger charge is -2.26. The maximum atomic E-state index is 2.69. The molecule has 0 bridgehead atoms. The van der Waals surface area contributed by atoms with E-state index in [0.29, 0.717) is 0 Å². The second-order valence-electron chi connectivity index (χ2n) is 13.0. The molecule has 0 amide bonds. The van der Waals surface area contributed by atoms with Gasteiger partial charge in [0.15, 0.2) is 0 Å². The third kappa shape index (κ3) is 8.30. The largest absolute Gasteiger partial charge is 0.0654 e. The van der Waals surface area contributed by atoms with Crippen LogP contribution in [0.25, 0.3) is 11.1 Å². The van der Waals surface area contributed by atoms with Gasteiger partial charge in [-0.05, 0) is 151 Å². The lowest BCUT2D eigenvalue weighted by molar-refractivity contribution is 0.718. The molecule has 0 unspecified atom stereocenters. The fourth-order valence-corrected chi connectivity index (χ4v) is 7.33. The molecule has 0 spiro atoms. The average Bonchev–Trinajstić information content (AvgIpc) is 3.36. The first-order valence-electron chi connectivity index (χ1n) is 18.3. The van der Waals surface area contributed by atoms with Crippen molar-refractivity contribution in [2.45, 2.75) is 183 Å². The summed E-state index contributed by atoms with van der Waals surface area (Å²) in [6.07, 6.45) is 29.7. The van der Waals surface area contributed by atoms with Crippen molar-refractivity contribution >= 4 is 0 Å². The van der Waals surface area contributed by atoms with Crippen molar-refractivity contribution < 1.29 is 0 Å². The Balaban J connectivity index is 2.42. The summed E-state index contributed by atoms with van der Waals surface area (Å²) in [5.74, 6) is 0. The number of unbranched alkanes of at least 4 members (excludes halogenated alkanes) is 7. The highest BCUT2D eigenvalue weighted by Crippen LogP contribution is 2.50. The van der Waals surface area contributed by atoms with Crippen LogP contribution < -0.4 is 0 Å². The van der Waals surface area contributed by atoms with E-state index in [1.54, 1.807) is 61.2 Å². The summed E-state index contributed by atoms with van der Waals surface area (Å²) in [6.45, 7) is 16.6. The van der Waals surface area contributed by atoms with Gasteiger partial charge in [0.2, 0.25) is 0 Å². The topological polar surface area (TPSA) is 0 Å². The quantitative estimate of drug-likeness (QED) is 0.122. The molecule has 229 valence electrons. The maximum absolute atomic E-state index is 2.69. The second-order valence-corrected chi connectivity index (χ2v) is 13.0. The normalized spacial score (nSPS) is 12.3. The zero-order valence-corrected chi connectivity index (χ0v) is 28.5. The van der Waals surface area contributed by atoms with Crippen LogP contribution in [0.4, 0.5) is 0 Å². The predicted octanol–water partition coefficient (Wildman–Crippen LogP) is 12.7. The first kappa shape index (κ1) is 33.9. The number of aryl methyl sites for hydroxylation is 1. The lowest BCUT2D eigenvalue weighted by atomic mass is 9.78. The van der Waals surface area contributed by atoms with E-state index in [9.17, 15) is 0 Å². The van der Waals surface area contributed by atoms with E-state index in [1.165, 1.54) is 135 Å². The Kier molecular flexibility index (Phi) is 15.0. The van der Waals surface area contributed by atoms with Gasteiger partial charge in [-0.1, -0.05) is 99.5 Å². The molecule has 0 N–H and O–H groups in total. The molecule has 0 heterocycles. The van der Waals surface area contributed by atoms with Crippen molar-refractivity contribution in [1.82, 2.24) is 0 Å². The van der Waals surface area contributed by atoms with Crippen molar-refractivity contribution in [3.63, 3.8) is 0 Å². The van der Waals surface area contributed by atoms with Crippen LogP contribution in [0.15, 0.2) is 6.07 Å². The molecule has 1 aliphatic rings. The second kappa shape index (κ2) is 18.2. The van der Waals surface area contributed by atoms with Gasteiger partial charge in [-0.25, -0.2) is 0 Å². The molecule has 41 heavy (non-hydrogen) atoms. The number of hydrogen-bond acceptors (Lipinski definition) is 0. The van der Waals surface area contributed by atoms with E-state index in [0.717, 1.165) is 0 Å². The van der Waals surface area contributed by atoms with Crippen LogP contribution in [-0.4, -0.2) is 0 Å². The van der Waals surface area contributed by atoms with E-state index in [2.05, 4.69) is 61.0 Å². The number of benzene rings is 2. The highest BCUT2D eigenvalue weighted by molar-refractivity contribution is 5.89. The van der Waals surface area contributed by atoms with Gasteiger partial charge in [-0.15, -0.1) is 0 Å². The summed E-state index contributed by atoms with van der Waals surface area (Å²) in [5.41, 5.74) is 18.8. The summed E-state index contributed by atoms with van der Waals surface area (Å²) in [7, 11) is 0. The maximum Gasteiger partial charge on any atom is 0.0215 e. The van der Waals surface area contributed by atoms with Crippen molar-refractivity contribution in [3.8, 4) is 11.1 Å². The van der Waals surface area contributed by atoms with Crippen LogP contribution in [0.2, 0.25) is 0 Å². The molecule has 2 aromatic rings. The Bertz CT molecular complexity index is 1070. The van der Waals surface area contributed by atoms with Crippen LogP contribution >= 0.6 is 0 Å². The molecule has 0 heteroatoms. The number of fused-ring (bicyclic) bond motifs is 3. The fraction of sp³-hybridized carbons (Fsp3) is 0.683. The molecule has 0 saturated heterocycles. The molecule has 0 aromatic heterocycles. The Labute approximate surface area is 256 Å². The molecule has 0 fully saturated rings. The SMILES string of the molecule is CCCCc1cc2c(c(CCCC)c1CCCC)-c1c(c(CCCC)c(CCCC)c(CCCC)c1CCCC)[CH]2. The molecule has 0 aliphatic heterocycles. The summed E-state index contributed by atoms with van der Waals surface area (Å²) in [5, 5.41) is 0. The highest BCUT2D eigenvalue weighted by Gasteiger charge is 2.32. The van der Waals surface area contributed by atoms with Crippen molar-refractivity contribution in [3.05, 3.63) is 62.6 Å². The minimum atomic E-state index is 1.25. The van der Waals surface area contributed by atoms with E-state index < -0.39 is 0 Å². The van der Waals surface area contributed by atoms with Gasteiger partial charge in [0, 0.05) is 6.42 Å². The van der Waals surface area contributed by atoms with Crippen molar-refractivity contribution in [2.24, 2.45) is 0 Å². The molecular formula is C41H65. The van der Waals surface area contributed by atoms with Gasteiger partial charge in [0.25, 0.3) is 0 Å². The summed E-state index contributed by atoms with van der Waals surface area (Å²) >= 11 is 0. The lowest BCUT2D eigenvalue weighted by Crippen LogP contribution is -2.11. The Hall–Kier alpha value is -1.56. The first-order chi connectivity index (χ1) is 20.1. The molecule has 0 atom stereocenters. The molecule has 0 nitrogen and oxygen atoms in total. The van der Waals surface area contributed by atoms with Crippen molar-refractivity contribution in [2.75, 3.05) is 0 Å². The van der Waals surface area contributed by atoms with Crippen LogP contribution in [0, 0.1) is 6.42 Å². The zero-order valence-electron chi connectivity index (χ0n) is 28.5. The minimum absolute atomic E-state index is 1.25. The van der Waals surface area contributed by atoms with Crippen LogP contribution in [0.3, 0.4) is 0 Å². The summed E-state index contributed by atoms with van der Waals surface area (Å²) in [4.78, 5) is 0. The third-order valence-electron chi connectivity index (χ3n) is 9.69. The minimum Gasteiger partial charge on any atom is -0.0654 e. The zero-order chi connectivity index (χ0) is 29.6. The van der Waals surface area contributed by atoms with Crippen LogP contribution in [0.5, 0.6) is 0 Å². The van der Waals surface area contributed by atoms with Gasteiger partial charge in [0.1, 0.15) is 0 Å². The molecule has 2 aromatic carbocycles. The van der Waals surface area contributed by atoms with Gasteiger partial charge in [-0.2, -0.15) is 0 Å². The van der Waals surface area contributed by atoms with Crippen LogP contribution in [0.1, 0.15) is 188 Å². The molecule has 1 radical (unpaired) electrons. The molecule has 0 saturated carbocycles. The van der Waals surface area contributed by atoms with E-state index >= 15 is 0 Å².